The fourth-order valence-electron chi connectivity index (χ4n) is 3.30. The van der Waals surface area contributed by atoms with Crippen LogP contribution in [0.15, 0.2) is 36.4 Å². The predicted octanol–water partition coefficient (Wildman–Crippen LogP) is 4.30. The summed E-state index contributed by atoms with van der Waals surface area (Å²) < 4.78 is 24.7. The molecule has 0 fully saturated rings. The van der Waals surface area contributed by atoms with Gasteiger partial charge in [-0.15, -0.1) is 0 Å². The Morgan fingerprint density at radius 3 is 2.52 bits per heavy atom. The third-order valence-corrected chi connectivity index (χ3v) is 5.71. The van der Waals surface area contributed by atoms with E-state index >= 15 is 0 Å². The number of thiazole rings is 1. The summed E-state index contributed by atoms with van der Waals surface area (Å²) in [6, 6.07) is 11.9. The molecule has 29 heavy (non-hydrogen) atoms. The van der Waals surface area contributed by atoms with Crippen molar-refractivity contribution in [3.8, 4) is 28.5 Å². The van der Waals surface area contributed by atoms with Gasteiger partial charge in [-0.2, -0.15) is 0 Å². The minimum atomic E-state index is 0.592. The van der Waals surface area contributed by atoms with Crippen LogP contribution in [0.4, 0.5) is 5.82 Å². The Morgan fingerprint density at radius 2 is 1.79 bits per heavy atom. The van der Waals surface area contributed by atoms with Crippen molar-refractivity contribution in [2.45, 2.75) is 0 Å². The van der Waals surface area contributed by atoms with Crippen LogP contribution in [0.1, 0.15) is 0 Å². The number of methoxy groups -OCH3 is 4. The third-order valence-electron chi connectivity index (χ3n) is 4.71. The fourth-order valence-corrected chi connectivity index (χ4v) is 4.35. The number of benzene rings is 2. The molecule has 8 heteroatoms. The molecule has 4 aromatic rings. The van der Waals surface area contributed by atoms with E-state index < -0.39 is 0 Å². The first-order valence-electron chi connectivity index (χ1n) is 9.14. The maximum atomic E-state index is 5.48. The van der Waals surface area contributed by atoms with Gasteiger partial charge in [0.15, 0.2) is 16.5 Å². The molecule has 0 aliphatic carbocycles. The van der Waals surface area contributed by atoms with E-state index in [1.807, 2.05) is 30.3 Å². The lowest BCUT2D eigenvalue weighted by Gasteiger charge is -2.11. The molecule has 152 valence electrons. The number of nitrogens with one attached hydrogen (secondary N) is 1. The molecular weight excluding hydrogens is 390 g/mol. The van der Waals surface area contributed by atoms with E-state index in [4.69, 9.17) is 23.9 Å². The highest BCUT2D eigenvalue weighted by molar-refractivity contribution is 7.23. The summed E-state index contributed by atoms with van der Waals surface area (Å²) in [6.45, 7) is 1.26. The van der Waals surface area contributed by atoms with Gasteiger partial charge in [0.25, 0.3) is 0 Å². The molecule has 0 aliphatic heterocycles. The first-order valence-corrected chi connectivity index (χ1v) is 9.96. The largest absolute Gasteiger partial charge is 0.497 e. The number of hydrogen-bond acceptors (Lipinski definition) is 7. The molecule has 0 saturated heterocycles. The number of fused-ring (bicyclic) bond motifs is 3. The first kappa shape index (κ1) is 19.4. The van der Waals surface area contributed by atoms with Crippen LogP contribution >= 0.6 is 11.3 Å². The lowest BCUT2D eigenvalue weighted by molar-refractivity contribution is 0.210. The Bertz CT molecular complexity index is 1150. The number of ether oxygens (including phenoxy) is 4. The molecule has 0 spiro atoms. The number of hydrogen-bond donors (Lipinski definition) is 1. The Kier molecular flexibility index (Phi) is 5.46. The standard InChI is InChI=1S/C21H23N3O4S/c1-25-10-9-22-20-19(13-5-8-16(27-3)17(11-13)28-4)23-21-24(20)15-7-6-14(26-2)12-18(15)29-21/h5-8,11-12,22H,9-10H2,1-4H3. The van der Waals surface area contributed by atoms with Crippen LogP contribution in [0, 0.1) is 0 Å². The monoisotopic (exact) mass is 413 g/mol. The molecule has 4 rings (SSSR count). The second-order valence-electron chi connectivity index (χ2n) is 6.35. The van der Waals surface area contributed by atoms with Crippen LogP contribution < -0.4 is 19.5 Å². The van der Waals surface area contributed by atoms with Gasteiger partial charge in [-0.25, -0.2) is 4.98 Å². The summed E-state index contributed by atoms with van der Waals surface area (Å²) in [5, 5.41) is 3.49. The van der Waals surface area contributed by atoms with E-state index in [1.165, 1.54) is 0 Å². The molecule has 2 aromatic heterocycles. The zero-order valence-electron chi connectivity index (χ0n) is 16.8. The summed E-state index contributed by atoms with van der Waals surface area (Å²) >= 11 is 1.62. The van der Waals surface area contributed by atoms with Gasteiger partial charge < -0.3 is 24.3 Å². The summed E-state index contributed by atoms with van der Waals surface area (Å²) in [6.07, 6.45) is 0. The van der Waals surface area contributed by atoms with Gasteiger partial charge in [-0.05, 0) is 36.4 Å². The topological polar surface area (TPSA) is 66.2 Å². The molecule has 2 heterocycles. The van der Waals surface area contributed by atoms with Crippen molar-refractivity contribution in [3.63, 3.8) is 0 Å². The first-order chi connectivity index (χ1) is 14.2. The molecule has 0 saturated carbocycles. The molecular formula is C21H23N3O4S. The van der Waals surface area contributed by atoms with Crippen molar-refractivity contribution in [1.29, 1.82) is 0 Å². The van der Waals surface area contributed by atoms with Crippen LogP contribution in [0.25, 0.3) is 26.4 Å². The molecule has 1 N–H and O–H groups in total. The highest BCUT2D eigenvalue weighted by Gasteiger charge is 2.19. The van der Waals surface area contributed by atoms with Gasteiger partial charge in [0, 0.05) is 19.2 Å². The smallest absolute Gasteiger partial charge is 0.197 e. The second kappa shape index (κ2) is 8.18. The number of anilines is 1. The highest BCUT2D eigenvalue weighted by Crippen LogP contribution is 2.39. The predicted molar refractivity (Wildman–Crippen MR) is 116 cm³/mol. The van der Waals surface area contributed by atoms with Gasteiger partial charge in [-0.3, -0.25) is 4.40 Å². The molecule has 7 nitrogen and oxygen atoms in total. The molecule has 0 radical (unpaired) electrons. The lowest BCUT2D eigenvalue weighted by atomic mass is 10.1. The summed E-state index contributed by atoms with van der Waals surface area (Å²) in [7, 11) is 6.62. The summed E-state index contributed by atoms with van der Waals surface area (Å²) in [5.74, 6) is 3.10. The Hall–Kier alpha value is -2.97. The zero-order chi connectivity index (χ0) is 20.4. The highest BCUT2D eigenvalue weighted by atomic mass is 32.1. The lowest BCUT2D eigenvalue weighted by Crippen LogP contribution is -2.10. The molecule has 0 amide bonds. The fraction of sp³-hybridized carbons (Fsp3) is 0.286. The molecule has 0 unspecified atom stereocenters. The van der Waals surface area contributed by atoms with Gasteiger partial charge in [0.2, 0.25) is 0 Å². The SMILES string of the molecule is COCCNc1c(-c2ccc(OC)c(OC)c2)nc2sc3cc(OC)ccc3n12. The van der Waals surface area contributed by atoms with Gasteiger partial charge in [0.1, 0.15) is 17.3 Å². The average Bonchev–Trinajstić information content (AvgIpc) is 3.29. The molecule has 0 atom stereocenters. The third kappa shape index (κ3) is 3.45. The summed E-state index contributed by atoms with van der Waals surface area (Å²) in [5.41, 5.74) is 2.87. The van der Waals surface area contributed by atoms with Crippen molar-refractivity contribution < 1.29 is 18.9 Å². The van der Waals surface area contributed by atoms with Crippen LogP contribution in [0.5, 0.6) is 17.2 Å². The van der Waals surface area contributed by atoms with Gasteiger partial charge in [0.05, 0.1) is 38.2 Å². The van der Waals surface area contributed by atoms with Gasteiger partial charge in [-0.1, -0.05) is 11.3 Å². The number of nitrogens with zero attached hydrogens (tertiary/aromatic N) is 2. The number of imidazole rings is 1. The van der Waals surface area contributed by atoms with E-state index in [2.05, 4.69) is 15.8 Å². The van der Waals surface area contributed by atoms with Crippen molar-refractivity contribution in [2.75, 3.05) is 46.9 Å². The van der Waals surface area contributed by atoms with E-state index in [0.717, 1.165) is 38.0 Å². The number of rotatable bonds is 8. The Labute approximate surface area is 172 Å². The minimum absolute atomic E-state index is 0.592. The quantitative estimate of drug-likeness (QED) is 0.435. The average molecular weight is 413 g/mol. The maximum absolute atomic E-state index is 5.48. The van der Waals surface area contributed by atoms with Crippen LogP contribution in [-0.4, -0.2) is 51.0 Å². The van der Waals surface area contributed by atoms with E-state index in [-0.39, 0.29) is 0 Å². The maximum Gasteiger partial charge on any atom is 0.197 e. The number of aromatic nitrogens is 2. The van der Waals surface area contributed by atoms with Crippen molar-refractivity contribution in [2.24, 2.45) is 0 Å². The Balaban J connectivity index is 1.90. The second-order valence-corrected chi connectivity index (χ2v) is 7.36. The van der Waals surface area contributed by atoms with Crippen LogP contribution in [0.3, 0.4) is 0 Å². The minimum Gasteiger partial charge on any atom is -0.497 e. The molecule has 2 aromatic carbocycles. The van der Waals surface area contributed by atoms with E-state index in [0.29, 0.717) is 24.7 Å². The molecule has 0 bridgehead atoms. The van der Waals surface area contributed by atoms with Crippen molar-refractivity contribution in [1.82, 2.24) is 9.38 Å². The van der Waals surface area contributed by atoms with Crippen LogP contribution in [0.2, 0.25) is 0 Å². The van der Waals surface area contributed by atoms with E-state index in [9.17, 15) is 0 Å². The zero-order valence-corrected chi connectivity index (χ0v) is 17.6. The van der Waals surface area contributed by atoms with Gasteiger partial charge >= 0.3 is 0 Å². The van der Waals surface area contributed by atoms with Crippen LogP contribution in [-0.2, 0) is 4.74 Å². The summed E-state index contributed by atoms with van der Waals surface area (Å²) in [4.78, 5) is 5.83. The van der Waals surface area contributed by atoms with Crippen molar-refractivity contribution in [3.05, 3.63) is 36.4 Å². The molecule has 0 aliphatic rings. The van der Waals surface area contributed by atoms with E-state index in [1.54, 1.807) is 39.8 Å². The normalized spacial score (nSPS) is 11.2. The Morgan fingerprint density at radius 1 is 0.966 bits per heavy atom. The van der Waals surface area contributed by atoms with Crippen molar-refractivity contribution >= 4 is 32.3 Å².